The number of nitrogens with zero attached hydrogens (tertiary/aromatic N) is 1. The lowest BCUT2D eigenvalue weighted by molar-refractivity contribution is -0.144. The van der Waals surface area contributed by atoms with Crippen molar-refractivity contribution in [3.63, 3.8) is 0 Å². The molecule has 0 radical (unpaired) electrons. The number of benzene rings is 1. The van der Waals surface area contributed by atoms with E-state index in [0.29, 0.717) is 25.9 Å². The highest BCUT2D eigenvalue weighted by Gasteiger charge is 2.46. The lowest BCUT2D eigenvalue weighted by Gasteiger charge is -2.40. The highest BCUT2D eigenvalue weighted by Crippen LogP contribution is 2.26. The van der Waals surface area contributed by atoms with Crippen LogP contribution >= 0.6 is 0 Å². The number of hydrogen-bond donors (Lipinski definition) is 3. The Balaban J connectivity index is 1.50. The number of carbonyl (C=O) groups excluding carboxylic acids is 3. The Morgan fingerprint density at radius 3 is 2.77 bits per heavy atom. The standard InChI is InChI=1S/C18H24N4O4/c1-13(20-17(25)26-12-14-6-3-2-4-7-14)15(23)22-11-5-8-18(21-22)9-10-19-16(18)24/h2-4,6-7,13,21H,5,8-12H2,1H3,(H,19,24)(H,20,25)/t13-,18?/m0/s1. The van der Waals surface area contributed by atoms with Gasteiger partial charge in [-0.05, 0) is 31.7 Å². The fourth-order valence-corrected chi connectivity index (χ4v) is 3.33. The monoisotopic (exact) mass is 360 g/mol. The van der Waals surface area contributed by atoms with E-state index in [4.69, 9.17) is 4.74 Å². The number of rotatable bonds is 4. The van der Waals surface area contributed by atoms with E-state index in [1.54, 1.807) is 6.92 Å². The van der Waals surface area contributed by atoms with Crippen molar-refractivity contribution in [2.24, 2.45) is 0 Å². The Morgan fingerprint density at radius 2 is 2.08 bits per heavy atom. The highest BCUT2D eigenvalue weighted by molar-refractivity contribution is 5.90. The molecule has 2 atom stereocenters. The van der Waals surface area contributed by atoms with Crippen molar-refractivity contribution < 1.29 is 19.1 Å². The average Bonchev–Trinajstić information content (AvgIpc) is 2.99. The first-order chi connectivity index (χ1) is 12.5. The summed E-state index contributed by atoms with van der Waals surface area (Å²) in [5, 5.41) is 6.79. The summed E-state index contributed by atoms with van der Waals surface area (Å²) in [5.74, 6) is -0.363. The van der Waals surface area contributed by atoms with Gasteiger partial charge in [0.05, 0.1) is 0 Å². The molecule has 3 N–H and O–H groups in total. The zero-order valence-corrected chi connectivity index (χ0v) is 14.8. The number of amides is 3. The molecule has 1 unspecified atom stereocenters. The van der Waals surface area contributed by atoms with Gasteiger partial charge in [-0.3, -0.25) is 14.6 Å². The fraction of sp³-hybridized carbons (Fsp3) is 0.500. The molecule has 2 heterocycles. The third-order valence-electron chi connectivity index (χ3n) is 4.79. The van der Waals surface area contributed by atoms with Crippen LogP contribution in [0.25, 0.3) is 0 Å². The summed E-state index contributed by atoms with van der Waals surface area (Å²) in [5.41, 5.74) is 3.23. The zero-order chi connectivity index (χ0) is 18.6. The Hall–Kier alpha value is -2.61. The number of nitrogens with one attached hydrogen (secondary N) is 3. The Labute approximate surface area is 152 Å². The molecular weight excluding hydrogens is 336 g/mol. The third kappa shape index (κ3) is 3.96. The molecule has 3 amide bonds. The first-order valence-electron chi connectivity index (χ1n) is 8.85. The quantitative estimate of drug-likeness (QED) is 0.734. The van der Waals surface area contributed by atoms with Crippen molar-refractivity contribution >= 4 is 17.9 Å². The second kappa shape index (κ2) is 7.74. The summed E-state index contributed by atoms with van der Waals surface area (Å²) in [6.45, 7) is 2.84. The highest BCUT2D eigenvalue weighted by atomic mass is 16.5. The van der Waals surface area contributed by atoms with Crippen molar-refractivity contribution in [3.8, 4) is 0 Å². The SMILES string of the molecule is C[C@H](NC(=O)OCc1ccccc1)C(=O)N1CCCC2(CCNC2=O)N1. The van der Waals surface area contributed by atoms with Gasteiger partial charge in [-0.2, -0.15) is 0 Å². The molecule has 140 valence electrons. The van der Waals surface area contributed by atoms with Crippen LogP contribution in [-0.4, -0.2) is 47.6 Å². The molecule has 0 saturated carbocycles. The van der Waals surface area contributed by atoms with Crippen molar-refractivity contribution in [1.82, 2.24) is 21.1 Å². The molecule has 3 rings (SSSR count). The largest absolute Gasteiger partial charge is 0.445 e. The molecule has 1 aromatic carbocycles. The number of hydrogen-bond acceptors (Lipinski definition) is 5. The van der Waals surface area contributed by atoms with E-state index in [2.05, 4.69) is 16.1 Å². The maximum absolute atomic E-state index is 12.6. The minimum absolute atomic E-state index is 0.0714. The van der Waals surface area contributed by atoms with Crippen LogP contribution in [-0.2, 0) is 20.9 Å². The second-order valence-corrected chi connectivity index (χ2v) is 6.72. The molecular formula is C18H24N4O4. The molecule has 1 aromatic rings. The van der Waals surface area contributed by atoms with Gasteiger partial charge >= 0.3 is 6.09 Å². The topological polar surface area (TPSA) is 99.8 Å². The predicted octanol–water partition coefficient (Wildman–Crippen LogP) is 0.687. The summed E-state index contributed by atoms with van der Waals surface area (Å²) in [7, 11) is 0. The van der Waals surface area contributed by atoms with Crippen LogP contribution in [0.2, 0.25) is 0 Å². The van der Waals surface area contributed by atoms with E-state index in [9.17, 15) is 14.4 Å². The summed E-state index contributed by atoms with van der Waals surface area (Å²) < 4.78 is 5.14. The van der Waals surface area contributed by atoms with Gasteiger partial charge in [0.15, 0.2) is 0 Å². The van der Waals surface area contributed by atoms with E-state index in [1.165, 1.54) is 5.01 Å². The first-order valence-corrected chi connectivity index (χ1v) is 8.85. The molecule has 26 heavy (non-hydrogen) atoms. The minimum atomic E-state index is -0.759. The summed E-state index contributed by atoms with van der Waals surface area (Å²) in [6.07, 6.45) is 1.43. The summed E-state index contributed by atoms with van der Waals surface area (Å²) in [4.78, 5) is 36.6. The number of alkyl carbamates (subject to hydrolysis) is 1. The molecule has 2 aliphatic rings. The molecule has 8 heteroatoms. The molecule has 2 aliphatic heterocycles. The number of hydrazine groups is 1. The molecule has 0 aromatic heterocycles. The smallest absolute Gasteiger partial charge is 0.408 e. The van der Waals surface area contributed by atoms with Crippen molar-refractivity contribution in [3.05, 3.63) is 35.9 Å². The van der Waals surface area contributed by atoms with Crippen LogP contribution in [0, 0.1) is 0 Å². The van der Waals surface area contributed by atoms with Gasteiger partial charge in [0.1, 0.15) is 18.2 Å². The van der Waals surface area contributed by atoms with Crippen LogP contribution in [0.5, 0.6) is 0 Å². The van der Waals surface area contributed by atoms with Gasteiger partial charge in [-0.15, -0.1) is 0 Å². The summed E-state index contributed by atoms with van der Waals surface area (Å²) >= 11 is 0. The number of ether oxygens (including phenoxy) is 1. The molecule has 0 bridgehead atoms. The van der Waals surface area contributed by atoms with Gasteiger partial charge in [0, 0.05) is 13.1 Å². The first kappa shape index (κ1) is 18.2. The third-order valence-corrected chi connectivity index (χ3v) is 4.79. The molecule has 8 nitrogen and oxygen atoms in total. The Morgan fingerprint density at radius 1 is 1.31 bits per heavy atom. The molecule has 0 aliphatic carbocycles. The molecule has 2 fully saturated rings. The lowest BCUT2D eigenvalue weighted by Crippen LogP contribution is -2.65. The van der Waals surface area contributed by atoms with Crippen LogP contribution < -0.4 is 16.1 Å². The minimum Gasteiger partial charge on any atom is -0.445 e. The van der Waals surface area contributed by atoms with Crippen LogP contribution in [0.3, 0.4) is 0 Å². The Bertz CT molecular complexity index is 681. The molecule has 1 spiro atoms. The van der Waals surface area contributed by atoms with Gasteiger partial charge in [-0.25, -0.2) is 10.2 Å². The van der Waals surface area contributed by atoms with E-state index in [0.717, 1.165) is 12.0 Å². The number of carbonyl (C=O) groups is 3. The van der Waals surface area contributed by atoms with Crippen LogP contribution in [0.15, 0.2) is 30.3 Å². The van der Waals surface area contributed by atoms with E-state index < -0.39 is 17.7 Å². The van der Waals surface area contributed by atoms with Crippen molar-refractivity contribution in [2.75, 3.05) is 13.1 Å². The van der Waals surface area contributed by atoms with Gasteiger partial charge in [0.2, 0.25) is 5.91 Å². The van der Waals surface area contributed by atoms with Crippen LogP contribution in [0.1, 0.15) is 31.7 Å². The normalized spacial score (nSPS) is 23.4. The van der Waals surface area contributed by atoms with E-state index in [-0.39, 0.29) is 18.4 Å². The fourth-order valence-electron chi connectivity index (χ4n) is 3.33. The van der Waals surface area contributed by atoms with Crippen molar-refractivity contribution in [2.45, 2.75) is 44.4 Å². The maximum atomic E-state index is 12.6. The van der Waals surface area contributed by atoms with Gasteiger partial charge in [-0.1, -0.05) is 30.3 Å². The second-order valence-electron chi connectivity index (χ2n) is 6.72. The van der Waals surface area contributed by atoms with Crippen molar-refractivity contribution in [1.29, 1.82) is 0 Å². The average molecular weight is 360 g/mol. The Kier molecular flexibility index (Phi) is 5.41. The lowest BCUT2D eigenvalue weighted by atomic mass is 9.90. The zero-order valence-electron chi connectivity index (χ0n) is 14.8. The maximum Gasteiger partial charge on any atom is 0.408 e. The predicted molar refractivity (Wildman–Crippen MR) is 93.7 cm³/mol. The molecule has 2 saturated heterocycles. The van der Waals surface area contributed by atoms with Gasteiger partial charge in [0.25, 0.3) is 5.91 Å². The van der Waals surface area contributed by atoms with Gasteiger partial charge < -0.3 is 15.4 Å². The summed E-state index contributed by atoms with van der Waals surface area (Å²) in [6, 6.07) is 8.55. The van der Waals surface area contributed by atoms with E-state index in [1.807, 2.05) is 30.3 Å². The van der Waals surface area contributed by atoms with E-state index >= 15 is 0 Å². The van der Waals surface area contributed by atoms with Crippen LogP contribution in [0.4, 0.5) is 4.79 Å².